The van der Waals surface area contributed by atoms with Gasteiger partial charge < -0.3 is 15.1 Å². The van der Waals surface area contributed by atoms with Gasteiger partial charge in [0.25, 0.3) is 5.91 Å². The van der Waals surface area contributed by atoms with Crippen molar-refractivity contribution in [3.8, 4) is 0 Å². The number of nitrogens with zero attached hydrogens (tertiary/aromatic N) is 3. The minimum absolute atomic E-state index is 0.0298. The van der Waals surface area contributed by atoms with E-state index in [1.165, 1.54) is 19.3 Å². The average Bonchev–Trinajstić information content (AvgIpc) is 2.63. The molecule has 1 N–H and O–H groups in total. The van der Waals surface area contributed by atoms with E-state index in [0.29, 0.717) is 24.7 Å². The highest BCUT2D eigenvalue weighted by atomic mass is 16.1. The summed E-state index contributed by atoms with van der Waals surface area (Å²) in [5.41, 5.74) is 1.57. The number of hydrogen-bond acceptors (Lipinski definition) is 4. The van der Waals surface area contributed by atoms with E-state index in [9.17, 15) is 9.59 Å². The number of anilines is 1. The number of amides is 2. The van der Waals surface area contributed by atoms with Gasteiger partial charge in [-0.2, -0.15) is 0 Å². The van der Waals surface area contributed by atoms with Crippen molar-refractivity contribution in [1.82, 2.24) is 15.2 Å². The quantitative estimate of drug-likeness (QED) is 0.853. The number of piperazine rings is 1. The SMILES string of the molecule is O=CN1CCN(c2cncc(C(=O)NC3CCCCC3)c2)CC1. The molecular weight excluding hydrogens is 292 g/mol. The van der Waals surface area contributed by atoms with Crippen LogP contribution in [0.15, 0.2) is 18.5 Å². The summed E-state index contributed by atoms with van der Waals surface area (Å²) >= 11 is 0. The van der Waals surface area contributed by atoms with Crippen molar-refractivity contribution in [3.05, 3.63) is 24.0 Å². The van der Waals surface area contributed by atoms with Crippen LogP contribution in [0.1, 0.15) is 42.5 Å². The summed E-state index contributed by atoms with van der Waals surface area (Å²) in [4.78, 5) is 31.4. The van der Waals surface area contributed by atoms with Crippen molar-refractivity contribution in [1.29, 1.82) is 0 Å². The topological polar surface area (TPSA) is 65.5 Å². The summed E-state index contributed by atoms with van der Waals surface area (Å²) in [6.45, 7) is 2.96. The first-order valence-electron chi connectivity index (χ1n) is 8.46. The standard InChI is InChI=1S/C17H24N4O2/c22-13-20-6-8-21(9-7-20)16-10-14(11-18-12-16)17(23)19-15-4-2-1-3-5-15/h10-13,15H,1-9H2,(H,19,23). The van der Waals surface area contributed by atoms with Crippen LogP contribution >= 0.6 is 0 Å². The van der Waals surface area contributed by atoms with Gasteiger partial charge in [0.1, 0.15) is 0 Å². The monoisotopic (exact) mass is 316 g/mol. The first-order valence-corrected chi connectivity index (χ1v) is 8.46. The summed E-state index contributed by atoms with van der Waals surface area (Å²) in [7, 11) is 0. The zero-order valence-electron chi connectivity index (χ0n) is 13.4. The molecule has 1 aliphatic heterocycles. The molecule has 0 aromatic carbocycles. The van der Waals surface area contributed by atoms with Crippen LogP contribution in [-0.2, 0) is 4.79 Å². The zero-order chi connectivity index (χ0) is 16.1. The molecule has 0 radical (unpaired) electrons. The smallest absolute Gasteiger partial charge is 0.253 e. The normalized spacial score (nSPS) is 19.5. The van der Waals surface area contributed by atoms with Gasteiger partial charge in [0.05, 0.1) is 17.4 Å². The molecule has 0 unspecified atom stereocenters. The summed E-state index contributed by atoms with van der Waals surface area (Å²) in [6, 6.07) is 2.21. The Morgan fingerprint density at radius 3 is 2.57 bits per heavy atom. The number of nitrogens with one attached hydrogen (secondary N) is 1. The van der Waals surface area contributed by atoms with Gasteiger partial charge >= 0.3 is 0 Å². The van der Waals surface area contributed by atoms with Crippen LogP contribution in [0.25, 0.3) is 0 Å². The summed E-state index contributed by atoms with van der Waals surface area (Å²) in [5.74, 6) is -0.0298. The Kier molecular flexibility index (Phi) is 5.10. The molecule has 3 rings (SSSR count). The van der Waals surface area contributed by atoms with Crippen molar-refractivity contribution in [2.24, 2.45) is 0 Å². The van der Waals surface area contributed by atoms with Crippen molar-refractivity contribution in [2.45, 2.75) is 38.1 Å². The van der Waals surface area contributed by atoms with Gasteiger partial charge in [-0.15, -0.1) is 0 Å². The third-order valence-corrected chi connectivity index (χ3v) is 4.75. The molecule has 2 amide bonds. The van der Waals surface area contributed by atoms with Gasteiger partial charge in [0.2, 0.25) is 6.41 Å². The van der Waals surface area contributed by atoms with E-state index in [1.54, 1.807) is 17.3 Å². The maximum absolute atomic E-state index is 12.4. The third kappa shape index (κ3) is 4.00. The van der Waals surface area contributed by atoms with Gasteiger partial charge in [-0.25, -0.2) is 0 Å². The van der Waals surface area contributed by atoms with E-state index < -0.39 is 0 Å². The lowest BCUT2D eigenvalue weighted by molar-refractivity contribution is -0.118. The van der Waals surface area contributed by atoms with E-state index in [4.69, 9.17) is 0 Å². The Morgan fingerprint density at radius 1 is 1.13 bits per heavy atom. The third-order valence-electron chi connectivity index (χ3n) is 4.75. The van der Waals surface area contributed by atoms with E-state index in [2.05, 4.69) is 15.2 Å². The van der Waals surface area contributed by atoms with Crippen LogP contribution in [-0.4, -0.2) is 54.4 Å². The van der Waals surface area contributed by atoms with Crippen molar-refractivity contribution >= 4 is 18.0 Å². The van der Waals surface area contributed by atoms with Gasteiger partial charge in [-0.3, -0.25) is 14.6 Å². The number of carbonyl (C=O) groups excluding carboxylic acids is 2. The fourth-order valence-electron chi connectivity index (χ4n) is 3.33. The molecule has 2 fully saturated rings. The van der Waals surface area contributed by atoms with Gasteiger partial charge in [-0.05, 0) is 18.9 Å². The lowest BCUT2D eigenvalue weighted by Crippen LogP contribution is -2.45. The second kappa shape index (κ2) is 7.44. The number of hydrogen-bond donors (Lipinski definition) is 1. The molecule has 1 saturated heterocycles. The Morgan fingerprint density at radius 2 is 1.87 bits per heavy atom. The number of aromatic nitrogens is 1. The second-order valence-electron chi connectivity index (χ2n) is 6.37. The largest absolute Gasteiger partial charge is 0.367 e. The van der Waals surface area contributed by atoms with Crippen LogP contribution in [0.5, 0.6) is 0 Å². The van der Waals surface area contributed by atoms with Crippen LogP contribution in [0.3, 0.4) is 0 Å². The molecule has 1 saturated carbocycles. The van der Waals surface area contributed by atoms with Crippen LogP contribution in [0.2, 0.25) is 0 Å². The second-order valence-corrected chi connectivity index (χ2v) is 6.37. The van der Waals surface area contributed by atoms with E-state index in [0.717, 1.165) is 38.0 Å². The predicted molar refractivity (Wildman–Crippen MR) is 88.4 cm³/mol. The maximum atomic E-state index is 12.4. The highest BCUT2D eigenvalue weighted by Gasteiger charge is 2.19. The molecule has 23 heavy (non-hydrogen) atoms. The van der Waals surface area contributed by atoms with E-state index in [1.807, 2.05) is 6.07 Å². The number of rotatable bonds is 4. The van der Waals surface area contributed by atoms with Gasteiger partial charge in [-0.1, -0.05) is 19.3 Å². The first kappa shape index (κ1) is 15.8. The summed E-state index contributed by atoms with van der Waals surface area (Å²) in [5, 5.41) is 3.13. The molecule has 6 nitrogen and oxygen atoms in total. The van der Waals surface area contributed by atoms with Gasteiger partial charge in [0.15, 0.2) is 0 Å². The Balaban J connectivity index is 1.62. The first-order chi connectivity index (χ1) is 11.3. The summed E-state index contributed by atoms with van der Waals surface area (Å²) < 4.78 is 0. The molecule has 2 aliphatic rings. The van der Waals surface area contributed by atoms with Gasteiger partial charge in [0, 0.05) is 38.4 Å². The van der Waals surface area contributed by atoms with Crippen LogP contribution in [0.4, 0.5) is 5.69 Å². The molecule has 124 valence electrons. The molecule has 1 aliphatic carbocycles. The predicted octanol–water partition coefficient (Wildman–Crippen LogP) is 1.42. The molecule has 0 bridgehead atoms. The van der Waals surface area contributed by atoms with E-state index in [-0.39, 0.29) is 5.91 Å². The van der Waals surface area contributed by atoms with Crippen molar-refractivity contribution in [2.75, 3.05) is 31.1 Å². The lowest BCUT2D eigenvalue weighted by atomic mass is 9.95. The Hall–Kier alpha value is -2.11. The van der Waals surface area contributed by atoms with Crippen molar-refractivity contribution in [3.63, 3.8) is 0 Å². The molecule has 1 aromatic heterocycles. The summed E-state index contributed by atoms with van der Waals surface area (Å²) in [6.07, 6.45) is 10.1. The lowest BCUT2D eigenvalue weighted by Gasteiger charge is -2.34. The molecular formula is C17H24N4O2. The number of pyridine rings is 1. The average molecular weight is 316 g/mol. The fraction of sp³-hybridized carbons (Fsp3) is 0.588. The van der Waals surface area contributed by atoms with Crippen LogP contribution in [0, 0.1) is 0 Å². The van der Waals surface area contributed by atoms with Crippen LogP contribution < -0.4 is 10.2 Å². The molecule has 0 atom stereocenters. The molecule has 2 heterocycles. The fourth-order valence-corrected chi connectivity index (χ4v) is 3.33. The zero-order valence-corrected chi connectivity index (χ0v) is 13.4. The number of carbonyl (C=O) groups is 2. The highest BCUT2D eigenvalue weighted by Crippen LogP contribution is 2.19. The Labute approximate surface area is 136 Å². The Bertz CT molecular complexity index is 549. The molecule has 0 spiro atoms. The minimum Gasteiger partial charge on any atom is -0.367 e. The van der Waals surface area contributed by atoms with E-state index >= 15 is 0 Å². The maximum Gasteiger partial charge on any atom is 0.253 e. The minimum atomic E-state index is -0.0298. The van der Waals surface area contributed by atoms with Crippen molar-refractivity contribution < 1.29 is 9.59 Å². The highest BCUT2D eigenvalue weighted by molar-refractivity contribution is 5.95. The molecule has 1 aromatic rings. The molecule has 6 heteroatoms.